The van der Waals surface area contributed by atoms with Gasteiger partial charge in [-0.15, -0.1) is 0 Å². The van der Waals surface area contributed by atoms with E-state index in [0.29, 0.717) is 11.5 Å². The maximum absolute atomic E-state index is 12.1. The zero-order valence-electron chi connectivity index (χ0n) is 14.8. The van der Waals surface area contributed by atoms with Gasteiger partial charge in [0.05, 0.1) is 28.4 Å². The summed E-state index contributed by atoms with van der Waals surface area (Å²) in [6.07, 6.45) is 6.12. The quantitative estimate of drug-likeness (QED) is 0.583. The van der Waals surface area contributed by atoms with Crippen molar-refractivity contribution < 1.29 is 28.5 Å². The van der Waals surface area contributed by atoms with E-state index in [1.807, 2.05) is 36.4 Å². The Kier molecular flexibility index (Phi) is 5.85. The van der Waals surface area contributed by atoms with E-state index >= 15 is 0 Å². The van der Waals surface area contributed by atoms with Gasteiger partial charge >= 0.3 is 11.9 Å². The molecule has 0 radical (unpaired) electrons. The third-order valence-electron chi connectivity index (χ3n) is 4.27. The first-order valence-electron chi connectivity index (χ1n) is 7.76. The van der Waals surface area contributed by atoms with E-state index in [-0.39, 0.29) is 12.8 Å². The van der Waals surface area contributed by atoms with E-state index in [1.165, 1.54) is 14.2 Å². The Morgan fingerprint density at radius 1 is 0.960 bits per heavy atom. The van der Waals surface area contributed by atoms with Gasteiger partial charge in [0.2, 0.25) is 0 Å². The summed E-state index contributed by atoms with van der Waals surface area (Å²) in [5.74, 6) is 0.119. The van der Waals surface area contributed by atoms with Crippen molar-refractivity contribution in [2.24, 2.45) is 5.41 Å². The highest BCUT2D eigenvalue weighted by molar-refractivity contribution is 6.01. The molecule has 1 aliphatic rings. The van der Waals surface area contributed by atoms with Crippen molar-refractivity contribution >= 4 is 18.0 Å². The van der Waals surface area contributed by atoms with Crippen molar-refractivity contribution in [3.8, 4) is 11.5 Å². The van der Waals surface area contributed by atoms with Crippen molar-refractivity contribution in [3.05, 3.63) is 41.5 Å². The van der Waals surface area contributed by atoms with Crippen LogP contribution in [-0.2, 0) is 19.1 Å². The fourth-order valence-corrected chi connectivity index (χ4v) is 2.87. The number of ether oxygens (including phenoxy) is 4. The maximum Gasteiger partial charge on any atom is 0.323 e. The van der Waals surface area contributed by atoms with Gasteiger partial charge in [0.25, 0.3) is 0 Å². The molecule has 6 heteroatoms. The molecule has 0 spiro atoms. The van der Waals surface area contributed by atoms with Crippen molar-refractivity contribution in [2.45, 2.75) is 12.8 Å². The molecule has 25 heavy (non-hydrogen) atoms. The Bertz CT molecular complexity index is 701. The lowest BCUT2D eigenvalue weighted by molar-refractivity contribution is -0.168. The molecule has 0 saturated heterocycles. The molecular formula is C19H22O6. The number of hydrogen-bond donors (Lipinski definition) is 0. The molecular weight excluding hydrogens is 324 g/mol. The van der Waals surface area contributed by atoms with E-state index in [1.54, 1.807) is 14.2 Å². The van der Waals surface area contributed by atoms with Gasteiger partial charge in [-0.25, -0.2) is 0 Å². The molecule has 1 aromatic carbocycles. The van der Waals surface area contributed by atoms with E-state index in [0.717, 1.165) is 11.1 Å². The lowest BCUT2D eigenvalue weighted by atomic mass is 9.84. The monoisotopic (exact) mass is 346 g/mol. The number of esters is 2. The molecule has 0 unspecified atom stereocenters. The number of carbonyl (C=O) groups is 2. The van der Waals surface area contributed by atoms with Gasteiger partial charge in [-0.2, -0.15) is 0 Å². The standard InChI is InChI=1S/C19H22O6/c1-22-15-8-7-13(11-16(15)23-2)5-6-14-9-10-19(12-14,17(20)24-3)18(21)25-4/h5-9,11H,10,12H2,1-4H3/b6-5+. The largest absolute Gasteiger partial charge is 0.493 e. The van der Waals surface area contributed by atoms with Crippen molar-refractivity contribution in [1.29, 1.82) is 0 Å². The summed E-state index contributed by atoms with van der Waals surface area (Å²) in [6.45, 7) is 0. The summed E-state index contributed by atoms with van der Waals surface area (Å²) in [5.41, 5.74) is 0.485. The first-order chi connectivity index (χ1) is 12.0. The summed E-state index contributed by atoms with van der Waals surface area (Å²) in [6, 6.07) is 5.55. The van der Waals surface area contributed by atoms with Crippen LogP contribution in [-0.4, -0.2) is 40.4 Å². The lowest BCUT2D eigenvalue weighted by Gasteiger charge is -2.22. The van der Waals surface area contributed by atoms with Crippen molar-refractivity contribution in [2.75, 3.05) is 28.4 Å². The van der Waals surface area contributed by atoms with Crippen LogP contribution in [0.3, 0.4) is 0 Å². The lowest BCUT2D eigenvalue weighted by Crippen LogP contribution is -2.39. The SMILES string of the molecule is COC(=O)C1(C(=O)OC)CC=C(/C=C/c2ccc(OC)c(OC)c2)C1. The van der Waals surface area contributed by atoms with Crippen LogP contribution < -0.4 is 9.47 Å². The Hall–Kier alpha value is -2.76. The highest BCUT2D eigenvalue weighted by atomic mass is 16.5. The Labute approximate surface area is 147 Å². The Balaban J connectivity index is 2.18. The average molecular weight is 346 g/mol. The molecule has 0 atom stereocenters. The molecule has 2 rings (SSSR count). The molecule has 134 valence electrons. The Morgan fingerprint density at radius 3 is 2.16 bits per heavy atom. The van der Waals surface area contributed by atoms with Gasteiger partial charge in [-0.05, 0) is 30.5 Å². The fraction of sp³-hybridized carbons (Fsp3) is 0.368. The fourth-order valence-electron chi connectivity index (χ4n) is 2.87. The first-order valence-corrected chi connectivity index (χ1v) is 7.76. The van der Waals surface area contributed by atoms with Crippen LogP contribution in [0, 0.1) is 5.41 Å². The molecule has 6 nitrogen and oxygen atoms in total. The number of hydrogen-bond acceptors (Lipinski definition) is 6. The zero-order chi connectivity index (χ0) is 18.4. The smallest absolute Gasteiger partial charge is 0.323 e. The number of methoxy groups -OCH3 is 4. The zero-order valence-corrected chi connectivity index (χ0v) is 14.8. The average Bonchev–Trinajstić information content (AvgIpc) is 3.10. The predicted octanol–water partition coefficient (Wildman–Crippen LogP) is 2.77. The van der Waals surface area contributed by atoms with Crippen LogP contribution >= 0.6 is 0 Å². The van der Waals surface area contributed by atoms with E-state index in [4.69, 9.17) is 18.9 Å². The van der Waals surface area contributed by atoms with Gasteiger partial charge in [0.15, 0.2) is 16.9 Å². The van der Waals surface area contributed by atoms with Crippen LogP contribution in [0.15, 0.2) is 35.9 Å². The third kappa shape index (κ3) is 3.68. The van der Waals surface area contributed by atoms with E-state index in [2.05, 4.69) is 0 Å². The van der Waals surface area contributed by atoms with Crippen LogP contribution in [0.25, 0.3) is 6.08 Å². The number of allylic oxidation sites excluding steroid dienone is 3. The van der Waals surface area contributed by atoms with E-state index in [9.17, 15) is 9.59 Å². The molecule has 0 N–H and O–H groups in total. The van der Waals surface area contributed by atoms with Gasteiger partial charge in [0.1, 0.15) is 0 Å². The normalized spacial score (nSPS) is 15.6. The summed E-state index contributed by atoms with van der Waals surface area (Å²) >= 11 is 0. The summed E-state index contributed by atoms with van der Waals surface area (Å²) in [5, 5.41) is 0. The minimum Gasteiger partial charge on any atom is -0.493 e. The molecule has 1 aliphatic carbocycles. The molecule has 0 aliphatic heterocycles. The molecule has 0 aromatic heterocycles. The molecule has 1 aromatic rings. The molecule has 0 saturated carbocycles. The molecule has 0 amide bonds. The second-order valence-electron chi connectivity index (χ2n) is 5.67. The van der Waals surface area contributed by atoms with Crippen LogP contribution in [0.5, 0.6) is 11.5 Å². The van der Waals surface area contributed by atoms with Crippen LogP contribution in [0.2, 0.25) is 0 Å². The minimum atomic E-state index is -1.29. The van der Waals surface area contributed by atoms with Crippen LogP contribution in [0.4, 0.5) is 0 Å². The second-order valence-corrected chi connectivity index (χ2v) is 5.67. The highest BCUT2D eigenvalue weighted by Gasteiger charge is 2.50. The summed E-state index contributed by atoms with van der Waals surface area (Å²) < 4.78 is 20.1. The van der Waals surface area contributed by atoms with Gasteiger partial charge in [0, 0.05) is 0 Å². The van der Waals surface area contributed by atoms with Crippen molar-refractivity contribution in [3.63, 3.8) is 0 Å². The van der Waals surface area contributed by atoms with Gasteiger partial charge in [-0.3, -0.25) is 9.59 Å². The highest BCUT2D eigenvalue weighted by Crippen LogP contribution is 2.40. The second kappa shape index (κ2) is 7.88. The predicted molar refractivity (Wildman–Crippen MR) is 92.4 cm³/mol. The summed E-state index contributed by atoms with van der Waals surface area (Å²) in [7, 11) is 5.69. The minimum absolute atomic E-state index is 0.246. The number of carbonyl (C=O) groups excluding carboxylic acids is 2. The maximum atomic E-state index is 12.1. The van der Waals surface area contributed by atoms with Crippen LogP contribution in [0.1, 0.15) is 18.4 Å². The number of benzene rings is 1. The third-order valence-corrected chi connectivity index (χ3v) is 4.27. The van der Waals surface area contributed by atoms with Crippen molar-refractivity contribution in [1.82, 2.24) is 0 Å². The number of rotatable bonds is 6. The topological polar surface area (TPSA) is 71.1 Å². The van der Waals surface area contributed by atoms with E-state index < -0.39 is 17.4 Å². The molecule has 0 bridgehead atoms. The Morgan fingerprint density at radius 2 is 1.60 bits per heavy atom. The molecule has 0 fully saturated rings. The molecule has 0 heterocycles. The van der Waals surface area contributed by atoms with Gasteiger partial charge < -0.3 is 18.9 Å². The first kappa shape index (κ1) is 18.6. The van der Waals surface area contributed by atoms with Gasteiger partial charge in [-0.1, -0.05) is 29.9 Å². The summed E-state index contributed by atoms with van der Waals surface area (Å²) in [4.78, 5) is 24.2.